The molecule has 2 N–H and O–H groups in total. The summed E-state index contributed by atoms with van der Waals surface area (Å²) in [6.07, 6.45) is -1.50. The summed E-state index contributed by atoms with van der Waals surface area (Å²) in [6.45, 7) is 1.23. The highest BCUT2D eigenvalue weighted by molar-refractivity contribution is 5.97. The predicted octanol–water partition coefficient (Wildman–Crippen LogP) is 3.33. The normalized spacial score (nSPS) is 13.7. The summed E-state index contributed by atoms with van der Waals surface area (Å²) in [5.41, 5.74) is -4.00. The molecule has 0 unspecified atom stereocenters. The molecule has 0 fully saturated rings. The molecule has 0 aliphatic rings. The number of rotatable bonds is 6. The molecule has 0 saturated carbocycles. The summed E-state index contributed by atoms with van der Waals surface area (Å²) in [5.74, 6) is -0.923. The third-order valence-corrected chi connectivity index (χ3v) is 3.87. The Morgan fingerprint density at radius 3 is 2.59 bits per heavy atom. The zero-order chi connectivity index (χ0) is 20.2. The van der Waals surface area contributed by atoms with Gasteiger partial charge >= 0.3 is 6.18 Å². The summed E-state index contributed by atoms with van der Waals surface area (Å²) >= 11 is 0. The van der Waals surface area contributed by atoms with E-state index >= 15 is 0 Å². The fraction of sp³-hybridized carbons (Fsp3) is 0.294. The van der Waals surface area contributed by atoms with Crippen LogP contribution in [0.2, 0.25) is 0 Å². The number of nitrogens with one attached hydrogen (secondary N) is 1. The first-order valence-corrected chi connectivity index (χ1v) is 7.79. The third kappa shape index (κ3) is 5.23. The highest BCUT2D eigenvalue weighted by Gasteiger charge is 2.39. The van der Waals surface area contributed by atoms with E-state index in [-0.39, 0.29) is 12.1 Å². The van der Waals surface area contributed by atoms with Gasteiger partial charge in [-0.05, 0) is 43.5 Å². The molecular weight excluding hydrogens is 367 g/mol. The number of alkyl halides is 3. The van der Waals surface area contributed by atoms with Crippen molar-refractivity contribution in [3.63, 3.8) is 0 Å². The Labute approximate surface area is 152 Å². The van der Waals surface area contributed by atoms with Gasteiger partial charge in [-0.2, -0.15) is 13.2 Å². The molecule has 0 radical (unpaired) electrons. The van der Waals surface area contributed by atoms with Gasteiger partial charge in [-0.25, -0.2) is 0 Å². The number of aryl methyl sites for hydroxylation is 1. The first kappa shape index (κ1) is 20.3. The molecule has 10 heteroatoms. The molecule has 27 heavy (non-hydrogen) atoms. The molecule has 0 aliphatic heterocycles. The lowest BCUT2D eigenvalue weighted by Gasteiger charge is -2.22. The van der Waals surface area contributed by atoms with Crippen LogP contribution in [-0.4, -0.2) is 26.5 Å². The molecule has 1 heterocycles. The lowest BCUT2D eigenvalue weighted by atomic mass is 9.96. The summed E-state index contributed by atoms with van der Waals surface area (Å²) in [4.78, 5) is 25.8. The lowest BCUT2D eigenvalue weighted by molar-refractivity contribution is -0.388. The third-order valence-electron chi connectivity index (χ3n) is 3.87. The molecule has 2 aromatic rings. The monoisotopic (exact) mass is 383 g/mol. The van der Waals surface area contributed by atoms with Gasteiger partial charge < -0.3 is 10.4 Å². The topological polar surface area (TPSA) is 105 Å². The van der Waals surface area contributed by atoms with E-state index in [0.29, 0.717) is 18.6 Å². The Morgan fingerprint density at radius 1 is 1.33 bits per heavy atom. The second-order valence-corrected chi connectivity index (χ2v) is 6.08. The van der Waals surface area contributed by atoms with Crippen molar-refractivity contribution in [2.24, 2.45) is 0 Å². The van der Waals surface area contributed by atoms with Crippen LogP contribution in [-0.2, 0) is 17.4 Å². The Kier molecular flexibility index (Phi) is 5.79. The fourth-order valence-electron chi connectivity index (χ4n) is 2.31. The number of carbonyl (C=O) groups excluding carboxylic acids is 1. The summed E-state index contributed by atoms with van der Waals surface area (Å²) < 4.78 is 39.0. The number of nitrogens with zero attached hydrogens (tertiary/aromatic N) is 2. The molecule has 2 rings (SSSR count). The Hall–Kier alpha value is -3.01. The molecule has 0 saturated heterocycles. The van der Waals surface area contributed by atoms with Gasteiger partial charge in [-0.1, -0.05) is 6.07 Å². The molecule has 1 aromatic carbocycles. The Balaban J connectivity index is 2.15. The van der Waals surface area contributed by atoms with Crippen molar-refractivity contribution in [3.8, 4) is 0 Å². The number of nitro benzene ring substituents is 1. The maximum absolute atomic E-state index is 13.0. The van der Waals surface area contributed by atoms with Gasteiger partial charge in [0.05, 0.1) is 4.92 Å². The van der Waals surface area contributed by atoms with E-state index in [1.165, 1.54) is 6.92 Å². The summed E-state index contributed by atoms with van der Waals surface area (Å²) in [7, 11) is 0. The second kappa shape index (κ2) is 7.70. The molecule has 7 nitrogen and oxygen atoms in total. The van der Waals surface area contributed by atoms with Gasteiger partial charge in [-0.15, -0.1) is 0 Å². The van der Waals surface area contributed by atoms with Crippen LogP contribution in [0, 0.1) is 10.1 Å². The van der Waals surface area contributed by atoms with Crippen molar-refractivity contribution in [1.82, 2.24) is 4.98 Å². The first-order valence-electron chi connectivity index (χ1n) is 7.79. The van der Waals surface area contributed by atoms with Crippen LogP contribution in [0.3, 0.4) is 0 Å². The fourth-order valence-corrected chi connectivity index (χ4v) is 2.31. The van der Waals surface area contributed by atoms with Crippen LogP contribution in [0.15, 0.2) is 42.7 Å². The van der Waals surface area contributed by atoms with E-state index < -0.39 is 33.9 Å². The highest BCUT2D eigenvalue weighted by Crippen LogP contribution is 2.37. The van der Waals surface area contributed by atoms with Crippen molar-refractivity contribution in [2.45, 2.75) is 31.5 Å². The minimum Gasteiger partial charge on any atom is -0.380 e. The minimum atomic E-state index is -4.97. The maximum atomic E-state index is 13.0. The average Bonchev–Trinajstić information content (AvgIpc) is 2.60. The van der Waals surface area contributed by atoms with Crippen LogP contribution in [0.4, 0.5) is 24.5 Å². The SMILES string of the molecule is C[C@](O)(CCc1cccnc1)C(=O)Nc1ccc([N+](=O)[O-])c(C(F)(F)F)c1. The van der Waals surface area contributed by atoms with Crippen LogP contribution >= 0.6 is 0 Å². The number of anilines is 1. The summed E-state index contributed by atoms with van der Waals surface area (Å²) in [6, 6.07) is 5.55. The van der Waals surface area contributed by atoms with Crippen molar-refractivity contribution in [3.05, 3.63) is 64.0 Å². The molecule has 0 aliphatic carbocycles. The zero-order valence-corrected chi connectivity index (χ0v) is 14.2. The first-order chi connectivity index (χ1) is 12.5. The molecule has 0 spiro atoms. The van der Waals surface area contributed by atoms with Gasteiger partial charge in [0, 0.05) is 24.1 Å². The van der Waals surface area contributed by atoms with Gasteiger partial charge in [0.1, 0.15) is 11.2 Å². The molecule has 0 bridgehead atoms. The van der Waals surface area contributed by atoms with Gasteiger partial charge in [0.2, 0.25) is 0 Å². The number of hydrogen-bond acceptors (Lipinski definition) is 5. The van der Waals surface area contributed by atoms with Crippen molar-refractivity contribution in [1.29, 1.82) is 0 Å². The largest absolute Gasteiger partial charge is 0.423 e. The number of hydrogen-bond donors (Lipinski definition) is 2. The number of nitro groups is 1. The van der Waals surface area contributed by atoms with Crippen molar-refractivity contribution < 1.29 is 28.0 Å². The number of aliphatic hydroxyl groups is 1. The molecule has 144 valence electrons. The quantitative estimate of drug-likeness (QED) is 0.588. The van der Waals surface area contributed by atoms with Gasteiger partial charge in [0.15, 0.2) is 0 Å². The number of carbonyl (C=O) groups is 1. The number of aromatic nitrogens is 1. The van der Waals surface area contributed by atoms with E-state index in [4.69, 9.17) is 0 Å². The molecule has 1 atom stereocenters. The predicted molar refractivity (Wildman–Crippen MR) is 89.9 cm³/mol. The maximum Gasteiger partial charge on any atom is 0.423 e. The standard InChI is InChI=1S/C17H16F3N3O4/c1-16(25,7-6-11-3-2-8-21-10-11)15(24)22-12-4-5-14(23(26)27)13(9-12)17(18,19)20/h2-5,8-10,25H,6-7H2,1H3,(H,22,24)/t16-/m0/s1. The molecule has 1 aromatic heterocycles. The Bertz CT molecular complexity index is 839. The van der Waals surface area contributed by atoms with E-state index in [2.05, 4.69) is 10.3 Å². The zero-order valence-electron chi connectivity index (χ0n) is 14.2. The van der Waals surface area contributed by atoms with Crippen LogP contribution in [0.5, 0.6) is 0 Å². The van der Waals surface area contributed by atoms with Crippen LogP contribution < -0.4 is 5.32 Å². The average molecular weight is 383 g/mol. The highest BCUT2D eigenvalue weighted by atomic mass is 19.4. The molecule has 1 amide bonds. The number of pyridine rings is 1. The van der Waals surface area contributed by atoms with E-state index in [0.717, 1.165) is 11.6 Å². The van der Waals surface area contributed by atoms with Crippen molar-refractivity contribution in [2.75, 3.05) is 5.32 Å². The van der Waals surface area contributed by atoms with Gasteiger partial charge in [-0.3, -0.25) is 19.9 Å². The van der Waals surface area contributed by atoms with E-state index in [9.17, 15) is 33.2 Å². The van der Waals surface area contributed by atoms with Gasteiger partial charge in [0.25, 0.3) is 11.6 Å². The van der Waals surface area contributed by atoms with Crippen LogP contribution in [0.25, 0.3) is 0 Å². The second-order valence-electron chi connectivity index (χ2n) is 6.08. The van der Waals surface area contributed by atoms with Crippen molar-refractivity contribution >= 4 is 17.3 Å². The Morgan fingerprint density at radius 2 is 2.04 bits per heavy atom. The number of halogens is 3. The number of amides is 1. The minimum absolute atomic E-state index is 0.00361. The molecular formula is C17H16F3N3O4. The number of benzene rings is 1. The lowest BCUT2D eigenvalue weighted by Crippen LogP contribution is -2.40. The van der Waals surface area contributed by atoms with E-state index in [1.54, 1.807) is 24.5 Å². The smallest absolute Gasteiger partial charge is 0.380 e. The van der Waals surface area contributed by atoms with Crippen LogP contribution in [0.1, 0.15) is 24.5 Å². The van der Waals surface area contributed by atoms with E-state index in [1.807, 2.05) is 0 Å². The summed E-state index contributed by atoms with van der Waals surface area (Å²) in [5, 5.41) is 23.2.